The molecule has 3 heterocycles. The van der Waals surface area contributed by atoms with Gasteiger partial charge in [-0.1, -0.05) is 6.07 Å². The van der Waals surface area contributed by atoms with E-state index in [1.54, 1.807) is 23.5 Å². The summed E-state index contributed by atoms with van der Waals surface area (Å²) in [5, 5.41) is 12.8. The van der Waals surface area contributed by atoms with E-state index in [0.29, 0.717) is 11.6 Å². The molecule has 0 bridgehead atoms. The van der Waals surface area contributed by atoms with Crippen LogP contribution >= 0.6 is 11.3 Å². The number of sulfonamides is 1. The Morgan fingerprint density at radius 2 is 2.00 bits per heavy atom. The van der Waals surface area contributed by atoms with Crippen molar-refractivity contribution in [1.82, 2.24) is 25.2 Å². The van der Waals surface area contributed by atoms with Crippen LogP contribution in [0.2, 0.25) is 0 Å². The number of piperazine rings is 1. The van der Waals surface area contributed by atoms with Gasteiger partial charge in [0.1, 0.15) is 10.7 Å². The van der Waals surface area contributed by atoms with Crippen LogP contribution in [0.4, 0.5) is 11.6 Å². The quantitative estimate of drug-likeness (QED) is 0.526. The van der Waals surface area contributed by atoms with Gasteiger partial charge in [0.2, 0.25) is 16.0 Å². The number of rotatable bonds is 5. The van der Waals surface area contributed by atoms with Gasteiger partial charge in [-0.05, 0) is 36.6 Å². The average molecular weight is 458 g/mol. The van der Waals surface area contributed by atoms with E-state index < -0.39 is 10.0 Å². The van der Waals surface area contributed by atoms with Crippen molar-refractivity contribution in [2.45, 2.75) is 24.3 Å². The normalized spacial score (nSPS) is 16.5. The molecule has 5 rings (SSSR count). The number of nitrogens with two attached hydrogens (primary N) is 1. The largest absolute Gasteiger partial charge is 0.324 e. The molecule has 3 aromatic rings. The fraction of sp³-hybridized carbons (Fsp3) is 0.350. The van der Waals surface area contributed by atoms with E-state index in [1.807, 2.05) is 6.20 Å². The predicted octanol–water partition coefficient (Wildman–Crippen LogP) is 1.49. The summed E-state index contributed by atoms with van der Waals surface area (Å²) in [5.41, 5.74) is 3.43. The zero-order valence-corrected chi connectivity index (χ0v) is 18.5. The van der Waals surface area contributed by atoms with Gasteiger partial charge in [0, 0.05) is 42.9 Å². The van der Waals surface area contributed by atoms with Crippen molar-refractivity contribution >= 4 is 33.0 Å². The second kappa shape index (κ2) is 8.24. The van der Waals surface area contributed by atoms with Crippen LogP contribution in [0, 0.1) is 0 Å². The van der Waals surface area contributed by atoms with E-state index in [4.69, 9.17) is 15.1 Å². The SMILES string of the molecule is NS(=O)(=O)c1cccc(Nc2ncc3c(n2)-c2nc(CN4CCNCC4)sc2CC3)c1. The van der Waals surface area contributed by atoms with Gasteiger partial charge in [-0.25, -0.2) is 28.5 Å². The fourth-order valence-electron chi connectivity index (χ4n) is 3.87. The van der Waals surface area contributed by atoms with Gasteiger partial charge in [0.25, 0.3) is 0 Å². The van der Waals surface area contributed by atoms with Crippen LogP contribution in [0.25, 0.3) is 11.4 Å². The summed E-state index contributed by atoms with van der Waals surface area (Å²) < 4.78 is 23.2. The molecule has 162 valence electrons. The van der Waals surface area contributed by atoms with E-state index in [0.717, 1.165) is 67.5 Å². The van der Waals surface area contributed by atoms with Gasteiger partial charge >= 0.3 is 0 Å². The van der Waals surface area contributed by atoms with E-state index in [1.165, 1.54) is 17.0 Å². The number of nitrogens with one attached hydrogen (secondary N) is 2. The Bertz CT molecular complexity index is 1220. The number of hydrogen-bond acceptors (Lipinski definition) is 9. The molecule has 1 saturated heterocycles. The maximum Gasteiger partial charge on any atom is 0.238 e. The Morgan fingerprint density at radius 3 is 2.81 bits per heavy atom. The summed E-state index contributed by atoms with van der Waals surface area (Å²) in [7, 11) is -3.78. The summed E-state index contributed by atoms with van der Waals surface area (Å²) >= 11 is 1.77. The van der Waals surface area contributed by atoms with E-state index >= 15 is 0 Å². The van der Waals surface area contributed by atoms with Gasteiger partial charge < -0.3 is 10.6 Å². The minimum atomic E-state index is -3.78. The number of hydrogen-bond donors (Lipinski definition) is 3. The molecule has 0 radical (unpaired) electrons. The molecule has 1 aliphatic heterocycles. The highest BCUT2D eigenvalue weighted by molar-refractivity contribution is 7.89. The fourth-order valence-corrected chi connectivity index (χ4v) is 5.54. The van der Waals surface area contributed by atoms with Gasteiger partial charge in [-0.15, -0.1) is 11.3 Å². The van der Waals surface area contributed by atoms with E-state index in [9.17, 15) is 8.42 Å². The van der Waals surface area contributed by atoms with Gasteiger partial charge in [-0.3, -0.25) is 4.90 Å². The first-order valence-corrected chi connectivity index (χ1v) is 12.5. The van der Waals surface area contributed by atoms with E-state index in [-0.39, 0.29) is 4.90 Å². The Labute approximate surface area is 184 Å². The number of aryl methyl sites for hydroxylation is 2. The van der Waals surface area contributed by atoms with Crippen molar-refractivity contribution in [2.24, 2.45) is 5.14 Å². The number of nitrogens with zero attached hydrogens (tertiary/aromatic N) is 4. The van der Waals surface area contributed by atoms with Crippen LogP contribution < -0.4 is 15.8 Å². The molecule has 4 N–H and O–H groups in total. The first-order valence-electron chi connectivity index (χ1n) is 10.1. The second-order valence-corrected chi connectivity index (χ2v) is 10.4. The van der Waals surface area contributed by atoms with Crippen molar-refractivity contribution in [3.8, 4) is 11.4 Å². The highest BCUT2D eigenvalue weighted by Crippen LogP contribution is 2.36. The van der Waals surface area contributed by atoms with Crippen LogP contribution in [0.1, 0.15) is 15.4 Å². The Balaban J connectivity index is 1.41. The topological polar surface area (TPSA) is 126 Å². The number of primary sulfonamides is 1. The molecule has 1 aromatic carbocycles. The maximum absolute atomic E-state index is 11.6. The molecule has 0 saturated carbocycles. The molecular formula is C20H23N7O2S2. The lowest BCUT2D eigenvalue weighted by Crippen LogP contribution is -2.42. The van der Waals surface area contributed by atoms with Crippen molar-refractivity contribution in [3.63, 3.8) is 0 Å². The number of aromatic nitrogens is 3. The zero-order valence-electron chi connectivity index (χ0n) is 16.8. The molecule has 0 spiro atoms. The van der Waals surface area contributed by atoms with Crippen molar-refractivity contribution in [3.05, 3.63) is 45.9 Å². The molecule has 0 atom stereocenters. The molecule has 2 aromatic heterocycles. The Kier molecular flexibility index (Phi) is 5.44. The maximum atomic E-state index is 11.6. The third-order valence-electron chi connectivity index (χ3n) is 5.44. The molecular weight excluding hydrogens is 434 g/mol. The van der Waals surface area contributed by atoms with Crippen LogP contribution in [-0.2, 0) is 29.4 Å². The molecule has 0 unspecified atom stereocenters. The number of benzene rings is 1. The first kappa shape index (κ1) is 20.5. The minimum Gasteiger partial charge on any atom is -0.324 e. The summed E-state index contributed by atoms with van der Waals surface area (Å²) in [5.74, 6) is 0.398. The van der Waals surface area contributed by atoms with Crippen molar-refractivity contribution < 1.29 is 8.42 Å². The van der Waals surface area contributed by atoms with Crippen LogP contribution in [-0.4, -0.2) is 54.4 Å². The lowest BCUT2D eigenvalue weighted by atomic mass is 10.00. The van der Waals surface area contributed by atoms with Gasteiger partial charge in [0.05, 0.1) is 17.1 Å². The summed E-state index contributed by atoms with van der Waals surface area (Å²) in [6, 6.07) is 6.30. The highest BCUT2D eigenvalue weighted by atomic mass is 32.2. The third kappa shape index (κ3) is 4.46. The summed E-state index contributed by atoms with van der Waals surface area (Å²) in [6.45, 7) is 4.97. The molecule has 0 amide bonds. The number of fused-ring (bicyclic) bond motifs is 3. The molecule has 11 heteroatoms. The average Bonchev–Trinajstić information content (AvgIpc) is 3.17. The first-order chi connectivity index (χ1) is 15.0. The number of anilines is 2. The Hall–Kier alpha value is -2.44. The lowest BCUT2D eigenvalue weighted by Gasteiger charge is -2.26. The summed E-state index contributed by atoms with van der Waals surface area (Å²) in [4.78, 5) is 17.8. The lowest BCUT2D eigenvalue weighted by molar-refractivity contribution is 0.233. The predicted molar refractivity (Wildman–Crippen MR) is 120 cm³/mol. The molecule has 1 fully saturated rings. The van der Waals surface area contributed by atoms with Crippen LogP contribution in [0.5, 0.6) is 0 Å². The Morgan fingerprint density at radius 1 is 1.16 bits per heavy atom. The summed E-state index contributed by atoms with van der Waals surface area (Å²) in [6.07, 6.45) is 3.67. The third-order valence-corrected chi connectivity index (χ3v) is 7.45. The second-order valence-electron chi connectivity index (χ2n) is 7.67. The van der Waals surface area contributed by atoms with Gasteiger partial charge in [0.15, 0.2) is 0 Å². The molecule has 31 heavy (non-hydrogen) atoms. The van der Waals surface area contributed by atoms with Crippen LogP contribution in [0.15, 0.2) is 35.4 Å². The molecule has 9 nitrogen and oxygen atoms in total. The van der Waals surface area contributed by atoms with E-state index in [2.05, 4.69) is 20.5 Å². The van der Waals surface area contributed by atoms with Crippen molar-refractivity contribution in [2.75, 3.05) is 31.5 Å². The standard InChI is InChI=1S/C20H23N7O2S2/c21-31(28,29)15-3-1-2-14(10-15)24-20-23-11-13-4-5-16-19(18(13)26-20)25-17(30-16)12-27-8-6-22-7-9-27/h1-3,10-11,22H,4-9,12H2,(H2,21,28,29)(H,23,24,26). The monoisotopic (exact) mass is 457 g/mol. The van der Waals surface area contributed by atoms with Gasteiger partial charge in [-0.2, -0.15) is 0 Å². The molecule has 2 aliphatic rings. The number of thiazole rings is 1. The van der Waals surface area contributed by atoms with Crippen LogP contribution in [0.3, 0.4) is 0 Å². The zero-order chi connectivity index (χ0) is 21.4. The minimum absolute atomic E-state index is 0.0369. The van der Waals surface area contributed by atoms with Crippen molar-refractivity contribution in [1.29, 1.82) is 0 Å². The molecule has 1 aliphatic carbocycles. The highest BCUT2D eigenvalue weighted by Gasteiger charge is 2.24. The smallest absolute Gasteiger partial charge is 0.238 e.